The summed E-state index contributed by atoms with van der Waals surface area (Å²) >= 11 is 0. The van der Waals surface area contributed by atoms with Crippen molar-refractivity contribution >= 4 is 32.8 Å². The van der Waals surface area contributed by atoms with E-state index in [1.54, 1.807) is 51.7 Å². The molecule has 0 radical (unpaired) electrons. The second-order valence-corrected chi connectivity index (χ2v) is 16.5. The lowest BCUT2D eigenvalue weighted by molar-refractivity contribution is -0.571. The van der Waals surface area contributed by atoms with Gasteiger partial charge >= 0.3 is 0 Å². The molecule has 11 rings (SSSR count). The molecule has 65 heavy (non-hydrogen) atoms. The molecule has 0 saturated carbocycles. The van der Waals surface area contributed by atoms with Crippen LogP contribution in [0.5, 0.6) is 11.5 Å². The average Bonchev–Trinajstić information content (AvgIpc) is 3.96. The summed E-state index contributed by atoms with van der Waals surface area (Å²) in [7, 11) is 0. The average molecular weight is 849 g/mol. The van der Waals surface area contributed by atoms with E-state index in [4.69, 9.17) is 23.4 Å². The molecule has 0 unspecified atom stereocenters. The van der Waals surface area contributed by atoms with Crippen molar-refractivity contribution in [3.05, 3.63) is 218 Å². The number of hydrogen-bond acceptors (Lipinski definition) is 4. The lowest BCUT2D eigenvalue weighted by Crippen LogP contribution is -2.31. The van der Waals surface area contributed by atoms with Gasteiger partial charge in [-0.05, 0) is 100.0 Å². The van der Waals surface area contributed by atoms with Crippen LogP contribution in [0.1, 0.15) is 45.6 Å². The van der Waals surface area contributed by atoms with E-state index in [9.17, 15) is 5.26 Å². The molecule has 11 aromatic rings. The number of pyridine rings is 2. The number of ether oxygens (including phenoxy) is 1. The number of nitriles is 1. The fraction of sp³-hybridized carbons (Fsp3) is 0.0690. The van der Waals surface area contributed by atoms with E-state index in [2.05, 4.69) is 54.9 Å². The molecular formula is C58H42N6O. The molecule has 0 aliphatic rings. The van der Waals surface area contributed by atoms with Crippen molar-refractivity contribution in [1.29, 1.82) is 5.26 Å². The van der Waals surface area contributed by atoms with Crippen LogP contribution in [0.2, 0.25) is 0 Å². The zero-order valence-electron chi connectivity index (χ0n) is 45.4. The first-order valence-electron chi connectivity index (χ1n) is 25.9. The Morgan fingerprint density at radius 2 is 1.37 bits per heavy atom. The van der Waals surface area contributed by atoms with Gasteiger partial charge in [0, 0.05) is 34.8 Å². The number of nitrogens with zero attached hydrogens (tertiary/aromatic N) is 6. The van der Waals surface area contributed by atoms with Gasteiger partial charge in [-0.25, -0.2) is 4.98 Å². The lowest BCUT2D eigenvalue weighted by Gasteiger charge is -2.20. The number of para-hydroxylation sites is 3. The summed E-state index contributed by atoms with van der Waals surface area (Å²) in [6, 6.07) is 35.9. The maximum absolute atomic E-state index is 9.94. The van der Waals surface area contributed by atoms with Gasteiger partial charge in [-0.2, -0.15) is 5.26 Å². The molecule has 0 fully saturated rings. The summed E-state index contributed by atoms with van der Waals surface area (Å²) in [5, 5.41) is 11.8. The zero-order chi connectivity index (χ0) is 52.8. The van der Waals surface area contributed by atoms with Gasteiger partial charge in [-0.1, -0.05) is 136 Å². The van der Waals surface area contributed by atoms with Gasteiger partial charge < -0.3 is 4.74 Å². The molecule has 0 spiro atoms. The monoisotopic (exact) mass is 848 g/mol. The topological polar surface area (TPSA) is 72.5 Å². The van der Waals surface area contributed by atoms with Gasteiger partial charge in [-0.3, -0.25) is 18.7 Å². The molecule has 7 nitrogen and oxygen atoms in total. The molecule has 7 heteroatoms. The van der Waals surface area contributed by atoms with Crippen molar-refractivity contribution in [3.63, 3.8) is 0 Å². The molecule has 0 saturated heterocycles. The highest BCUT2D eigenvalue weighted by molar-refractivity contribution is 6.10. The van der Waals surface area contributed by atoms with E-state index in [0.29, 0.717) is 39.5 Å². The Morgan fingerprint density at radius 3 is 2.12 bits per heavy atom. The Labute approximate surface area is 391 Å². The second-order valence-electron chi connectivity index (χ2n) is 16.5. The summed E-state index contributed by atoms with van der Waals surface area (Å²) in [5.74, 6) is 1.72. The first-order chi connectivity index (χ1) is 36.0. The third-order valence-electron chi connectivity index (χ3n) is 11.5. The van der Waals surface area contributed by atoms with Crippen molar-refractivity contribution in [3.8, 4) is 68.3 Å². The van der Waals surface area contributed by atoms with Crippen LogP contribution in [-0.4, -0.2) is 19.1 Å². The molecule has 310 valence electrons. The molecule has 0 N–H and O–H groups in total. The fourth-order valence-corrected chi connectivity index (χ4v) is 8.39. The maximum Gasteiger partial charge on any atom is 0.269 e. The third kappa shape index (κ3) is 7.08. The van der Waals surface area contributed by atoms with Crippen molar-refractivity contribution in [1.82, 2.24) is 19.1 Å². The highest BCUT2D eigenvalue weighted by Gasteiger charge is 2.22. The number of aromatic nitrogens is 5. The van der Waals surface area contributed by atoms with Crippen LogP contribution < -0.4 is 9.30 Å². The molecule has 0 bridgehead atoms. The molecule has 0 amide bonds. The smallest absolute Gasteiger partial charge is 0.269 e. The quantitative estimate of drug-likeness (QED) is 0.113. The van der Waals surface area contributed by atoms with Gasteiger partial charge in [-0.15, -0.1) is 0 Å². The predicted octanol–water partition coefficient (Wildman–Crippen LogP) is 13.6. The number of rotatable bonds is 8. The minimum absolute atomic E-state index is 0.144. The summed E-state index contributed by atoms with van der Waals surface area (Å²) in [6.07, 6.45) is 6.93. The van der Waals surface area contributed by atoms with Gasteiger partial charge in [0.2, 0.25) is 0 Å². The Bertz CT molecular complexity index is 4100. The van der Waals surface area contributed by atoms with Crippen LogP contribution in [0.4, 0.5) is 0 Å². The predicted molar refractivity (Wildman–Crippen MR) is 260 cm³/mol. The minimum Gasteiger partial charge on any atom is -0.458 e. The summed E-state index contributed by atoms with van der Waals surface area (Å²) in [4.78, 5) is 9.43. The Morgan fingerprint density at radius 1 is 0.631 bits per heavy atom. The SMILES string of the molecule is [2H]c1c([2H])c([2H])c(-c2cccc(-c3c([2H])c([2H])c([2H])c([2H])c3[2H])c2-[n+]2[c-]n(-c3cccc(Oc4ccc5c6cc(-c7ncccc7C#N)ccc6n(-c6cc(C(C)(C)C)ccn6)c5c4)c3)c3ccccc32)c([2H])c1[2H]. The van der Waals surface area contributed by atoms with Crippen LogP contribution in [0, 0.1) is 17.7 Å². The van der Waals surface area contributed by atoms with Gasteiger partial charge in [0.15, 0.2) is 0 Å². The summed E-state index contributed by atoms with van der Waals surface area (Å²) < 4.78 is 99.4. The normalized spacial score (nSPS) is 13.8. The molecule has 0 atom stereocenters. The molecular weight excluding hydrogens is 797 g/mol. The number of fused-ring (bicyclic) bond motifs is 4. The lowest BCUT2D eigenvalue weighted by atomic mass is 9.88. The Balaban J connectivity index is 1.08. The van der Waals surface area contributed by atoms with Crippen LogP contribution >= 0.6 is 0 Å². The fourth-order valence-electron chi connectivity index (χ4n) is 8.39. The minimum atomic E-state index is -0.577. The highest BCUT2D eigenvalue weighted by Crippen LogP contribution is 2.39. The second kappa shape index (κ2) is 15.9. The van der Waals surface area contributed by atoms with Crippen LogP contribution in [0.25, 0.3) is 83.5 Å². The van der Waals surface area contributed by atoms with E-state index in [0.717, 1.165) is 38.8 Å². The standard InChI is InChI=1S/C58H42N6O/c1-58(2,3)43-30-32-60-55(34-43)64-51-29-26-41(56-42(37-59)19-14-31-61-56)33-50(51)49-28-27-46(36-54(49)64)65-45-21-12-20-44(35-45)62-38-63(53-25-11-10-24-52(53)62)57-47(39-15-6-4-7-16-39)22-13-23-48(57)40-17-8-5-9-18-40/h4-36H,1-3H3/i4D,5D,6D,7D,8D,9D,15D,16D,17D,18D. The zero-order valence-corrected chi connectivity index (χ0v) is 35.4. The van der Waals surface area contributed by atoms with Crippen molar-refractivity contribution in [2.24, 2.45) is 0 Å². The van der Waals surface area contributed by atoms with Crippen molar-refractivity contribution in [2.75, 3.05) is 0 Å². The molecule has 0 aliphatic heterocycles. The van der Waals surface area contributed by atoms with E-state index < -0.39 is 60.4 Å². The van der Waals surface area contributed by atoms with Crippen molar-refractivity contribution < 1.29 is 23.0 Å². The number of benzene rings is 7. The molecule has 4 heterocycles. The van der Waals surface area contributed by atoms with Crippen LogP contribution in [-0.2, 0) is 5.41 Å². The number of hydrogen-bond donors (Lipinski definition) is 0. The first-order valence-corrected chi connectivity index (χ1v) is 20.9. The van der Waals surface area contributed by atoms with E-state index in [1.807, 2.05) is 85.1 Å². The third-order valence-corrected chi connectivity index (χ3v) is 11.5. The van der Waals surface area contributed by atoms with Crippen molar-refractivity contribution in [2.45, 2.75) is 26.2 Å². The first kappa shape index (κ1) is 29.7. The van der Waals surface area contributed by atoms with Crippen LogP contribution in [0.3, 0.4) is 0 Å². The number of imidazole rings is 1. The van der Waals surface area contributed by atoms with Crippen LogP contribution in [0.15, 0.2) is 200 Å². The summed E-state index contributed by atoms with van der Waals surface area (Å²) in [5.41, 5.74) is 6.45. The Hall–Kier alpha value is -8.60. The van der Waals surface area contributed by atoms with Gasteiger partial charge in [0.05, 0.1) is 58.4 Å². The molecule has 7 aromatic carbocycles. The largest absolute Gasteiger partial charge is 0.458 e. The molecule has 0 aliphatic carbocycles. The highest BCUT2D eigenvalue weighted by atomic mass is 16.5. The maximum atomic E-state index is 9.94. The summed E-state index contributed by atoms with van der Waals surface area (Å²) in [6.45, 7) is 6.47. The van der Waals surface area contributed by atoms with Gasteiger partial charge in [0.1, 0.15) is 23.4 Å². The van der Waals surface area contributed by atoms with E-state index >= 15 is 0 Å². The van der Waals surface area contributed by atoms with E-state index in [-0.39, 0.29) is 33.4 Å². The van der Waals surface area contributed by atoms with Gasteiger partial charge in [0.25, 0.3) is 6.33 Å². The van der Waals surface area contributed by atoms with E-state index in [1.165, 1.54) is 0 Å². The molecule has 4 aromatic heterocycles. The Kier molecular flexibility index (Phi) is 7.27.